The maximum absolute atomic E-state index is 14.3. The van der Waals surface area contributed by atoms with Crippen LogP contribution in [0.4, 0.5) is 10.1 Å². The summed E-state index contributed by atoms with van der Waals surface area (Å²) in [6.07, 6.45) is 8.74. The molecular weight excluding hydrogens is 497 g/mol. The van der Waals surface area contributed by atoms with E-state index in [4.69, 9.17) is 4.74 Å². The minimum absolute atomic E-state index is 0.208. The molecule has 0 unspecified atom stereocenters. The Morgan fingerprint density at radius 3 is 2.77 bits per heavy atom. The number of benzene rings is 1. The summed E-state index contributed by atoms with van der Waals surface area (Å²) in [7, 11) is 1.59. The van der Waals surface area contributed by atoms with E-state index < -0.39 is 0 Å². The van der Waals surface area contributed by atoms with E-state index >= 15 is 0 Å². The Labute approximate surface area is 224 Å². The fraction of sp³-hybridized carbons (Fsp3) is 0.310. The monoisotopic (exact) mass is 527 g/mol. The third-order valence-electron chi connectivity index (χ3n) is 7.27. The molecule has 0 amide bonds. The Kier molecular flexibility index (Phi) is 6.93. The first-order chi connectivity index (χ1) is 19.1. The standard InChI is InChI=1S/C29H30FN7O2/c1-39-22-17-25-29(33-18-22)24(8-10-31-25)32-11-15-37-28(38)7-6-27(34-37)36-19-20(9-14-35-12-2-3-13-35)23-5-4-21(30)16-26(23)36/h4-8,10,16-19H,2-3,9,11-15H2,1H3,(H,31,32). The van der Waals surface area contributed by atoms with Crippen LogP contribution in [-0.4, -0.2) is 62.5 Å². The van der Waals surface area contributed by atoms with Crippen molar-refractivity contribution in [2.24, 2.45) is 0 Å². The molecule has 6 rings (SSSR count). The number of anilines is 1. The van der Waals surface area contributed by atoms with Crippen LogP contribution in [0.5, 0.6) is 5.75 Å². The summed E-state index contributed by atoms with van der Waals surface area (Å²) in [5.74, 6) is 0.901. The fourth-order valence-corrected chi connectivity index (χ4v) is 5.23. The van der Waals surface area contributed by atoms with E-state index in [1.165, 1.54) is 35.7 Å². The van der Waals surface area contributed by atoms with Crippen molar-refractivity contribution >= 4 is 27.6 Å². The molecular formula is C29H30FN7O2. The van der Waals surface area contributed by atoms with E-state index in [1.807, 2.05) is 29.0 Å². The lowest BCUT2D eigenvalue weighted by atomic mass is 10.1. The maximum Gasteiger partial charge on any atom is 0.266 e. The Bertz CT molecular complexity index is 1690. The largest absolute Gasteiger partial charge is 0.495 e. The summed E-state index contributed by atoms with van der Waals surface area (Å²) < 4.78 is 22.8. The van der Waals surface area contributed by atoms with Gasteiger partial charge in [0.1, 0.15) is 17.1 Å². The van der Waals surface area contributed by atoms with Crippen LogP contribution in [0.2, 0.25) is 0 Å². The third kappa shape index (κ3) is 5.20. The molecule has 1 aliphatic rings. The van der Waals surface area contributed by atoms with Crippen molar-refractivity contribution < 1.29 is 9.13 Å². The van der Waals surface area contributed by atoms with Crippen molar-refractivity contribution in [1.29, 1.82) is 0 Å². The molecule has 0 spiro atoms. The van der Waals surface area contributed by atoms with Crippen LogP contribution in [0, 0.1) is 5.82 Å². The average Bonchev–Trinajstić information content (AvgIpc) is 3.60. The Balaban J connectivity index is 1.24. The van der Waals surface area contributed by atoms with E-state index in [0.717, 1.165) is 53.7 Å². The smallest absolute Gasteiger partial charge is 0.266 e. The molecule has 0 aliphatic carbocycles. The fourth-order valence-electron chi connectivity index (χ4n) is 5.23. The van der Waals surface area contributed by atoms with Gasteiger partial charge >= 0.3 is 0 Å². The Morgan fingerprint density at radius 2 is 1.92 bits per heavy atom. The number of pyridine rings is 2. The van der Waals surface area contributed by atoms with Gasteiger partial charge in [-0.05, 0) is 68.2 Å². The molecule has 1 saturated heterocycles. The van der Waals surface area contributed by atoms with Gasteiger partial charge in [-0.2, -0.15) is 5.10 Å². The van der Waals surface area contributed by atoms with E-state index in [-0.39, 0.29) is 11.4 Å². The molecule has 39 heavy (non-hydrogen) atoms. The van der Waals surface area contributed by atoms with Crippen molar-refractivity contribution in [3.05, 3.63) is 82.8 Å². The molecule has 1 aliphatic heterocycles. The maximum atomic E-state index is 14.3. The van der Waals surface area contributed by atoms with Crippen LogP contribution >= 0.6 is 0 Å². The molecule has 1 N–H and O–H groups in total. The molecule has 0 radical (unpaired) electrons. The van der Waals surface area contributed by atoms with Crippen LogP contribution in [0.25, 0.3) is 27.8 Å². The summed E-state index contributed by atoms with van der Waals surface area (Å²) in [6, 6.07) is 11.7. The van der Waals surface area contributed by atoms with Crippen molar-refractivity contribution in [2.75, 3.05) is 38.6 Å². The number of halogens is 1. The number of hydrogen-bond acceptors (Lipinski definition) is 7. The SMILES string of the molecule is COc1cnc2c(NCCn3nc(-n4cc(CCN5CCCC5)c5ccc(F)cc54)ccc3=O)ccnc2c1. The number of aromatic nitrogens is 5. The summed E-state index contributed by atoms with van der Waals surface area (Å²) in [5, 5.41) is 8.98. The van der Waals surface area contributed by atoms with Crippen LogP contribution in [0.1, 0.15) is 18.4 Å². The Morgan fingerprint density at radius 1 is 1.05 bits per heavy atom. The zero-order chi connectivity index (χ0) is 26.8. The van der Waals surface area contributed by atoms with E-state index in [9.17, 15) is 9.18 Å². The highest BCUT2D eigenvalue weighted by molar-refractivity contribution is 5.88. The number of ether oxygens (including phenoxy) is 1. The van der Waals surface area contributed by atoms with Crippen LogP contribution < -0.4 is 15.6 Å². The molecule has 0 atom stereocenters. The van der Waals surface area contributed by atoms with Crippen LogP contribution in [0.3, 0.4) is 0 Å². The lowest BCUT2D eigenvalue weighted by Gasteiger charge is -2.13. The zero-order valence-electron chi connectivity index (χ0n) is 21.8. The first kappa shape index (κ1) is 25.0. The number of hydrogen-bond donors (Lipinski definition) is 1. The molecule has 0 saturated carbocycles. The van der Waals surface area contributed by atoms with Gasteiger partial charge in [0.15, 0.2) is 5.82 Å². The van der Waals surface area contributed by atoms with Gasteiger partial charge in [-0.1, -0.05) is 0 Å². The summed E-state index contributed by atoms with van der Waals surface area (Å²) in [4.78, 5) is 23.9. The van der Waals surface area contributed by atoms with E-state index in [2.05, 4.69) is 25.3 Å². The van der Waals surface area contributed by atoms with E-state index in [1.54, 1.807) is 25.6 Å². The van der Waals surface area contributed by atoms with Gasteiger partial charge in [0.05, 0.1) is 36.6 Å². The number of rotatable bonds is 9. The van der Waals surface area contributed by atoms with Gasteiger partial charge < -0.3 is 15.0 Å². The number of likely N-dealkylation sites (tertiary alicyclic amines) is 1. The van der Waals surface area contributed by atoms with Gasteiger partial charge in [-0.15, -0.1) is 0 Å². The van der Waals surface area contributed by atoms with Crippen molar-refractivity contribution in [3.8, 4) is 11.6 Å². The van der Waals surface area contributed by atoms with Gasteiger partial charge in [-0.3, -0.25) is 14.3 Å². The first-order valence-electron chi connectivity index (χ1n) is 13.2. The molecule has 10 heteroatoms. The van der Waals surface area contributed by atoms with Crippen molar-refractivity contribution in [2.45, 2.75) is 25.8 Å². The van der Waals surface area contributed by atoms with Gasteiger partial charge in [0.25, 0.3) is 5.56 Å². The summed E-state index contributed by atoms with van der Waals surface area (Å²) >= 11 is 0. The topological polar surface area (TPSA) is 90.1 Å². The quantitative estimate of drug-likeness (QED) is 0.310. The molecule has 200 valence electrons. The minimum Gasteiger partial charge on any atom is -0.495 e. The molecule has 0 bridgehead atoms. The predicted octanol–water partition coefficient (Wildman–Crippen LogP) is 4.03. The molecule has 1 aromatic carbocycles. The molecule has 5 heterocycles. The normalized spacial score (nSPS) is 13.9. The lowest BCUT2D eigenvalue weighted by Crippen LogP contribution is -2.26. The second kappa shape index (κ2) is 10.8. The molecule has 4 aromatic heterocycles. The van der Waals surface area contributed by atoms with Crippen LogP contribution in [-0.2, 0) is 13.0 Å². The number of nitrogens with zero attached hydrogens (tertiary/aromatic N) is 6. The van der Waals surface area contributed by atoms with Gasteiger partial charge in [-0.25, -0.2) is 14.1 Å². The zero-order valence-corrected chi connectivity index (χ0v) is 21.8. The molecule has 5 aromatic rings. The highest BCUT2D eigenvalue weighted by Gasteiger charge is 2.16. The first-order valence-corrected chi connectivity index (χ1v) is 13.2. The Hall–Kier alpha value is -4.31. The second-order valence-corrected chi connectivity index (χ2v) is 9.77. The third-order valence-corrected chi connectivity index (χ3v) is 7.27. The van der Waals surface area contributed by atoms with Crippen molar-refractivity contribution in [3.63, 3.8) is 0 Å². The number of methoxy groups -OCH3 is 1. The second-order valence-electron chi connectivity index (χ2n) is 9.77. The summed E-state index contributed by atoms with van der Waals surface area (Å²) in [6.45, 7) is 4.02. The summed E-state index contributed by atoms with van der Waals surface area (Å²) in [5.41, 5.74) is 3.92. The lowest BCUT2D eigenvalue weighted by molar-refractivity contribution is 0.344. The van der Waals surface area contributed by atoms with Gasteiger partial charge in [0, 0.05) is 43.0 Å². The van der Waals surface area contributed by atoms with Crippen molar-refractivity contribution in [1.82, 2.24) is 29.2 Å². The number of fused-ring (bicyclic) bond motifs is 2. The predicted molar refractivity (Wildman–Crippen MR) is 149 cm³/mol. The molecule has 1 fully saturated rings. The number of nitrogens with one attached hydrogen (secondary N) is 1. The highest BCUT2D eigenvalue weighted by atomic mass is 19.1. The van der Waals surface area contributed by atoms with Crippen LogP contribution in [0.15, 0.2) is 65.8 Å². The van der Waals surface area contributed by atoms with E-state index in [0.29, 0.717) is 30.2 Å². The molecule has 9 nitrogen and oxygen atoms in total. The highest BCUT2D eigenvalue weighted by Crippen LogP contribution is 2.26. The minimum atomic E-state index is -0.304. The average molecular weight is 528 g/mol. The van der Waals surface area contributed by atoms with Gasteiger partial charge in [0.2, 0.25) is 0 Å².